The molecule has 0 saturated carbocycles. The van der Waals surface area contributed by atoms with E-state index in [1.807, 2.05) is 0 Å². The summed E-state index contributed by atoms with van der Waals surface area (Å²) in [5.74, 6) is -23.9. The van der Waals surface area contributed by atoms with Crippen LogP contribution in [-0.4, -0.2) is 82.4 Å². The van der Waals surface area contributed by atoms with Crippen molar-refractivity contribution >= 4 is 17.6 Å². The number of rotatable bonds is 18. The molecule has 16 heteroatoms. The third-order valence-electron chi connectivity index (χ3n) is 4.83. The van der Waals surface area contributed by atoms with Gasteiger partial charge < -0.3 is 26.6 Å². The maximum atomic E-state index is 14.4. The van der Waals surface area contributed by atoms with Crippen molar-refractivity contribution < 1.29 is 61.7 Å². The van der Waals surface area contributed by atoms with E-state index in [1.54, 1.807) is 0 Å². The molecular weight excluding hydrogens is 508 g/mol. The Bertz CT molecular complexity index is 556. The average Bonchev–Trinajstić information content (AvgIpc) is 2.74. The first-order valence-electron chi connectivity index (χ1n) is 10.1. The molecule has 33 heavy (non-hydrogen) atoms. The van der Waals surface area contributed by atoms with Crippen molar-refractivity contribution in [2.75, 3.05) is 41.2 Å². The van der Waals surface area contributed by atoms with Crippen molar-refractivity contribution in [3.8, 4) is 0 Å². The fraction of sp³-hybridized carbons (Fsp3) is 1.00. The third kappa shape index (κ3) is 7.31. The van der Waals surface area contributed by atoms with Crippen molar-refractivity contribution in [3.05, 3.63) is 0 Å². The first-order chi connectivity index (χ1) is 15.0. The summed E-state index contributed by atoms with van der Waals surface area (Å²) in [4.78, 5) is 0. The molecule has 0 aliphatic rings. The zero-order valence-electron chi connectivity index (χ0n) is 19.4. The highest BCUT2D eigenvalue weighted by Crippen LogP contribution is 2.55. The molecule has 6 nitrogen and oxygen atoms in total. The predicted octanol–water partition coefficient (Wildman–Crippen LogP) is 5.23. The van der Waals surface area contributed by atoms with Gasteiger partial charge in [-0.3, -0.25) is 0 Å². The Morgan fingerprint density at radius 3 is 1.03 bits per heavy atom. The second kappa shape index (κ2) is 12.6. The number of hydrogen-bond acceptors (Lipinski definition) is 6. The highest BCUT2D eigenvalue weighted by molar-refractivity contribution is 6.61. The predicted molar refractivity (Wildman–Crippen MR) is 106 cm³/mol. The summed E-state index contributed by atoms with van der Waals surface area (Å²) < 4.78 is 144. The molecular formula is C17H32F8O6Si2. The largest absolute Gasteiger partial charge is 0.501 e. The highest BCUT2D eigenvalue weighted by Gasteiger charge is 2.80. The fourth-order valence-electron chi connectivity index (χ4n) is 2.95. The molecule has 0 fully saturated rings. The van der Waals surface area contributed by atoms with Crippen LogP contribution in [0.15, 0.2) is 0 Å². The van der Waals surface area contributed by atoms with Crippen LogP contribution in [0.4, 0.5) is 35.1 Å². The van der Waals surface area contributed by atoms with Gasteiger partial charge in [-0.15, -0.1) is 0 Å². The van der Waals surface area contributed by atoms with Crippen LogP contribution in [-0.2, 0) is 26.6 Å². The van der Waals surface area contributed by atoms with Crippen molar-refractivity contribution in [3.63, 3.8) is 0 Å². The monoisotopic (exact) mass is 540 g/mol. The zero-order valence-corrected chi connectivity index (χ0v) is 21.4. The van der Waals surface area contributed by atoms with Crippen LogP contribution in [0.3, 0.4) is 0 Å². The molecule has 200 valence electrons. The van der Waals surface area contributed by atoms with Gasteiger partial charge in [0.15, 0.2) is 0 Å². The Morgan fingerprint density at radius 2 is 0.788 bits per heavy atom. The minimum Gasteiger partial charge on any atom is -0.377 e. The molecule has 0 unspecified atom stereocenters. The summed E-state index contributed by atoms with van der Waals surface area (Å²) >= 11 is 0. The van der Waals surface area contributed by atoms with Gasteiger partial charge in [-0.25, -0.2) is 0 Å². The molecule has 0 bridgehead atoms. The highest BCUT2D eigenvalue weighted by atomic mass is 28.4. The van der Waals surface area contributed by atoms with Crippen LogP contribution in [0.25, 0.3) is 0 Å². The van der Waals surface area contributed by atoms with E-state index in [9.17, 15) is 35.1 Å². The van der Waals surface area contributed by atoms with Gasteiger partial charge in [0.25, 0.3) is 0 Å². The van der Waals surface area contributed by atoms with Crippen molar-refractivity contribution in [1.82, 2.24) is 0 Å². The lowest BCUT2D eigenvalue weighted by Gasteiger charge is -2.38. The van der Waals surface area contributed by atoms with Crippen LogP contribution >= 0.6 is 0 Å². The molecule has 0 heterocycles. The van der Waals surface area contributed by atoms with E-state index in [4.69, 9.17) is 26.6 Å². The van der Waals surface area contributed by atoms with Gasteiger partial charge in [-0.05, 0) is 20.8 Å². The van der Waals surface area contributed by atoms with Crippen LogP contribution in [0.1, 0.15) is 33.6 Å². The normalized spacial score (nSPS) is 14.7. The number of alkyl halides is 8. The fourth-order valence-corrected chi connectivity index (χ4v) is 7.31. The summed E-state index contributed by atoms with van der Waals surface area (Å²) in [6.45, 7) is 4.12. The summed E-state index contributed by atoms with van der Waals surface area (Å²) in [6, 6.07) is -2.00. The van der Waals surface area contributed by atoms with Crippen molar-refractivity contribution in [2.45, 2.75) is 69.4 Å². The second-order valence-electron chi connectivity index (χ2n) is 6.84. The molecule has 0 N–H and O–H groups in total. The second-order valence-corrected chi connectivity index (χ2v) is 12.7. The lowest BCUT2D eigenvalue weighted by Crippen LogP contribution is -2.63. The Labute approximate surface area is 190 Å². The summed E-state index contributed by atoms with van der Waals surface area (Å²) in [6.07, 6.45) is -3.87. The Kier molecular flexibility index (Phi) is 12.4. The van der Waals surface area contributed by atoms with E-state index in [0.717, 1.165) is 21.3 Å². The molecule has 0 atom stereocenters. The van der Waals surface area contributed by atoms with E-state index < -0.39 is 66.2 Å². The standard InChI is InChI=1S/C17H32F8O6Si2/c1-7-29-33(30-8-2,31-9-3)13-11-15(20,21)17(24,25)16(22,23)14(18,19)10-12-32(26-4,27-5)28-6/h7-13H2,1-6H3. The van der Waals surface area contributed by atoms with Crippen LogP contribution in [0, 0.1) is 0 Å². The SMILES string of the molecule is CCO[Si](CCC(F)(F)C(F)(F)C(F)(F)C(F)(F)CC[Si](OC)(OC)OC)(OCC)OCC. The van der Waals surface area contributed by atoms with Gasteiger partial charge in [0.2, 0.25) is 0 Å². The Balaban J connectivity index is 5.80. The summed E-state index contributed by atoms with van der Waals surface area (Å²) in [5.41, 5.74) is 0. The van der Waals surface area contributed by atoms with Gasteiger partial charge >= 0.3 is 41.3 Å². The van der Waals surface area contributed by atoms with Crippen molar-refractivity contribution in [2.24, 2.45) is 0 Å². The van der Waals surface area contributed by atoms with Crippen LogP contribution in [0.2, 0.25) is 12.1 Å². The molecule has 0 aromatic rings. The number of hydrogen-bond donors (Lipinski definition) is 0. The lowest BCUT2D eigenvalue weighted by molar-refractivity contribution is -0.366. The third-order valence-corrected chi connectivity index (χ3v) is 10.6. The topological polar surface area (TPSA) is 55.4 Å². The van der Waals surface area contributed by atoms with Crippen LogP contribution in [0.5, 0.6) is 0 Å². The van der Waals surface area contributed by atoms with Crippen LogP contribution < -0.4 is 0 Å². The molecule has 0 radical (unpaired) electrons. The molecule has 0 aliphatic heterocycles. The molecule has 0 aromatic carbocycles. The summed E-state index contributed by atoms with van der Waals surface area (Å²) in [7, 11) is -4.83. The zero-order chi connectivity index (χ0) is 26.2. The molecule has 0 rings (SSSR count). The Morgan fingerprint density at radius 1 is 0.515 bits per heavy atom. The van der Waals surface area contributed by atoms with Gasteiger partial charge in [0.1, 0.15) is 0 Å². The first-order valence-corrected chi connectivity index (χ1v) is 14.0. The van der Waals surface area contributed by atoms with Gasteiger partial charge in [0.05, 0.1) is 0 Å². The van der Waals surface area contributed by atoms with Crippen molar-refractivity contribution in [1.29, 1.82) is 0 Å². The van der Waals surface area contributed by atoms with E-state index in [-0.39, 0.29) is 19.8 Å². The smallest absolute Gasteiger partial charge is 0.377 e. The maximum absolute atomic E-state index is 14.4. The van der Waals surface area contributed by atoms with E-state index in [0.29, 0.717) is 0 Å². The molecule has 0 saturated heterocycles. The molecule has 0 aromatic heterocycles. The lowest BCUT2D eigenvalue weighted by atomic mass is 9.95. The maximum Gasteiger partial charge on any atom is 0.501 e. The van der Waals surface area contributed by atoms with Gasteiger partial charge in [-0.2, -0.15) is 35.1 Å². The van der Waals surface area contributed by atoms with E-state index in [2.05, 4.69) is 0 Å². The Hall–Kier alpha value is -0.366. The molecule has 0 spiro atoms. The number of halogens is 8. The van der Waals surface area contributed by atoms with Gasteiger partial charge in [-0.1, -0.05) is 0 Å². The van der Waals surface area contributed by atoms with Gasteiger partial charge in [0, 0.05) is 66.1 Å². The van der Waals surface area contributed by atoms with E-state index in [1.165, 1.54) is 20.8 Å². The summed E-state index contributed by atoms with van der Waals surface area (Å²) in [5, 5.41) is 0. The first kappa shape index (κ1) is 32.6. The van der Waals surface area contributed by atoms with E-state index >= 15 is 0 Å². The molecule has 0 amide bonds. The minimum atomic E-state index is -6.41. The average molecular weight is 541 g/mol. The molecule has 0 aliphatic carbocycles. The minimum absolute atomic E-state index is 0.0907. The quantitative estimate of drug-likeness (QED) is 0.175.